The number of ether oxygens (including phenoxy) is 2. The Morgan fingerprint density at radius 3 is 2.65 bits per heavy atom. The van der Waals surface area contributed by atoms with E-state index in [0.717, 1.165) is 29.5 Å². The zero-order valence-corrected chi connectivity index (χ0v) is 18.8. The van der Waals surface area contributed by atoms with Crippen LogP contribution in [0.15, 0.2) is 53.5 Å². The van der Waals surface area contributed by atoms with Gasteiger partial charge < -0.3 is 14.0 Å². The minimum absolute atomic E-state index is 0.0226. The van der Waals surface area contributed by atoms with Crippen molar-refractivity contribution >= 4 is 33.4 Å². The van der Waals surface area contributed by atoms with E-state index >= 15 is 0 Å². The Kier molecular flexibility index (Phi) is 8.41. The molecule has 0 saturated carbocycles. The van der Waals surface area contributed by atoms with E-state index in [1.54, 1.807) is 11.5 Å². The van der Waals surface area contributed by atoms with E-state index in [2.05, 4.69) is 24.0 Å². The summed E-state index contributed by atoms with van der Waals surface area (Å²) < 4.78 is 13.5. The number of fused-ring (bicyclic) bond motifs is 1. The van der Waals surface area contributed by atoms with E-state index in [4.69, 9.17) is 9.47 Å². The number of amides is 1. The molecule has 0 fully saturated rings. The third kappa shape index (κ3) is 6.52. The number of thiazole rings is 1. The number of aryl methyl sites for hydroxylation is 1. The van der Waals surface area contributed by atoms with E-state index in [0.29, 0.717) is 17.2 Å². The summed E-state index contributed by atoms with van der Waals surface area (Å²) in [6, 6.07) is 15.6. The third-order valence-corrected chi connectivity index (χ3v) is 5.75. The first-order chi connectivity index (χ1) is 15.1. The number of carbonyl (C=O) groups excluding carboxylic acids is 2. The van der Waals surface area contributed by atoms with Gasteiger partial charge in [0.15, 0.2) is 4.80 Å². The molecule has 6 nitrogen and oxygen atoms in total. The molecule has 164 valence electrons. The smallest absolute Gasteiger partial charge is 0.326 e. The molecule has 2 aromatic carbocycles. The Balaban J connectivity index is 1.83. The van der Waals surface area contributed by atoms with Crippen molar-refractivity contribution in [2.45, 2.75) is 46.1 Å². The number of carbonyl (C=O) groups is 2. The lowest BCUT2D eigenvalue weighted by molar-refractivity contribution is -0.143. The monoisotopic (exact) mass is 440 g/mol. The zero-order valence-electron chi connectivity index (χ0n) is 18.0. The van der Waals surface area contributed by atoms with Gasteiger partial charge in [-0.2, -0.15) is 4.99 Å². The summed E-state index contributed by atoms with van der Waals surface area (Å²) in [6.07, 6.45) is 3.41. The average molecular weight is 441 g/mol. The number of benzene rings is 2. The maximum atomic E-state index is 12.5. The van der Waals surface area contributed by atoms with Crippen LogP contribution >= 0.6 is 11.3 Å². The molecule has 0 aliphatic carbocycles. The summed E-state index contributed by atoms with van der Waals surface area (Å²) in [6.45, 7) is 4.52. The fourth-order valence-electron chi connectivity index (χ4n) is 3.16. The van der Waals surface area contributed by atoms with E-state index in [9.17, 15) is 9.59 Å². The Hall–Kier alpha value is -2.93. The highest BCUT2D eigenvalue weighted by molar-refractivity contribution is 7.16. The fraction of sp³-hybridized carbons (Fsp3) is 0.375. The van der Waals surface area contributed by atoms with Crippen LogP contribution < -0.4 is 9.54 Å². The third-order valence-electron chi connectivity index (χ3n) is 4.71. The minimum Gasteiger partial charge on any atom is -0.493 e. The predicted octanol–water partition coefficient (Wildman–Crippen LogP) is 4.50. The fourth-order valence-corrected chi connectivity index (χ4v) is 4.27. The largest absolute Gasteiger partial charge is 0.493 e. The van der Waals surface area contributed by atoms with E-state index in [-0.39, 0.29) is 31.4 Å². The lowest BCUT2D eigenvalue weighted by Crippen LogP contribution is -2.23. The number of esters is 1. The van der Waals surface area contributed by atoms with Crippen LogP contribution in [0.5, 0.6) is 5.75 Å². The van der Waals surface area contributed by atoms with Gasteiger partial charge in [0.05, 0.1) is 29.9 Å². The first-order valence-electron chi connectivity index (χ1n) is 10.6. The summed E-state index contributed by atoms with van der Waals surface area (Å²) in [5.74, 6) is 0.0824. The van der Waals surface area contributed by atoms with Crippen LogP contribution in [0, 0.1) is 0 Å². The highest BCUT2D eigenvalue weighted by atomic mass is 32.1. The average Bonchev–Trinajstić information content (AvgIpc) is 3.09. The normalized spacial score (nSPS) is 11.6. The molecule has 31 heavy (non-hydrogen) atoms. The number of hydrogen-bond acceptors (Lipinski definition) is 5. The number of unbranched alkanes of at least 4 members (excludes halogenated alkanes) is 1. The Morgan fingerprint density at radius 2 is 1.90 bits per heavy atom. The van der Waals surface area contributed by atoms with Gasteiger partial charge >= 0.3 is 5.97 Å². The van der Waals surface area contributed by atoms with E-state index in [1.165, 1.54) is 16.9 Å². The van der Waals surface area contributed by atoms with Crippen molar-refractivity contribution in [1.29, 1.82) is 0 Å². The molecule has 0 saturated heterocycles. The quantitative estimate of drug-likeness (QED) is 0.435. The van der Waals surface area contributed by atoms with E-state index < -0.39 is 0 Å². The Bertz CT molecular complexity index is 1090. The second-order valence-corrected chi connectivity index (χ2v) is 8.11. The van der Waals surface area contributed by atoms with Crippen LogP contribution in [-0.4, -0.2) is 29.7 Å². The molecule has 0 unspecified atom stereocenters. The molecular weight excluding hydrogens is 412 g/mol. The van der Waals surface area contributed by atoms with Crippen molar-refractivity contribution in [2.24, 2.45) is 4.99 Å². The van der Waals surface area contributed by atoms with Crippen molar-refractivity contribution in [3.8, 4) is 5.75 Å². The van der Waals surface area contributed by atoms with Crippen LogP contribution in [0.25, 0.3) is 10.2 Å². The molecule has 0 bridgehead atoms. The van der Waals surface area contributed by atoms with Gasteiger partial charge in [-0.15, -0.1) is 0 Å². The van der Waals surface area contributed by atoms with Crippen LogP contribution in [0.2, 0.25) is 0 Å². The molecule has 3 aromatic rings. The molecule has 0 radical (unpaired) electrons. The summed E-state index contributed by atoms with van der Waals surface area (Å²) in [5.41, 5.74) is 2.12. The first kappa shape index (κ1) is 22.7. The minimum atomic E-state index is -0.349. The first-order valence-corrected chi connectivity index (χ1v) is 11.5. The van der Waals surface area contributed by atoms with Crippen molar-refractivity contribution in [3.63, 3.8) is 0 Å². The number of para-hydroxylation sites is 1. The standard InChI is InChI=1S/C24H28N2O4S/c1-3-5-9-18-12-13-20-21(16-18)31-24(26(20)17-23(28)29-4-2)25-22(27)14-15-30-19-10-7-6-8-11-19/h6-8,10-13,16H,3-5,9,14-15,17H2,1-2H3. The van der Waals surface area contributed by atoms with Crippen LogP contribution in [0.3, 0.4) is 0 Å². The number of aromatic nitrogens is 1. The molecule has 0 aliphatic heterocycles. The number of rotatable bonds is 10. The molecule has 0 aliphatic rings. The van der Waals surface area contributed by atoms with Crippen molar-refractivity contribution < 1.29 is 19.1 Å². The number of hydrogen-bond donors (Lipinski definition) is 0. The topological polar surface area (TPSA) is 69.9 Å². The molecule has 0 spiro atoms. The second kappa shape index (κ2) is 11.5. The lowest BCUT2D eigenvalue weighted by atomic mass is 10.1. The van der Waals surface area contributed by atoms with Crippen LogP contribution in [0.1, 0.15) is 38.7 Å². The molecule has 3 rings (SSSR count). The summed E-state index contributed by atoms with van der Waals surface area (Å²) in [5, 5.41) is 0. The summed E-state index contributed by atoms with van der Waals surface area (Å²) in [4.78, 5) is 29.4. The van der Waals surface area contributed by atoms with Gasteiger partial charge in [0.1, 0.15) is 12.3 Å². The van der Waals surface area contributed by atoms with Gasteiger partial charge in [0.25, 0.3) is 5.91 Å². The molecular formula is C24H28N2O4S. The maximum absolute atomic E-state index is 12.5. The van der Waals surface area contributed by atoms with Gasteiger partial charge in [-0.3, -0.25) is 9.59 Å². The van der Waals surface area contributed by atoms with Gasteiger partial charge in [0.2, 0.25) is 0 Å². The Labute approximate surface area is 186 Å². The van der Waals surface area contributed by atoms with Gasteiger partial charge in [-0.25, -0.2) is 0 Å². The highest BCUT2D eigenvalue weighted by Gasteiger charge is 2.13. The predicted molar refractivity (Wildman–Crippen MR) is 122 cm³/mol. The number of nitrogens with zero attached hydrogens (tertiary/aromatic N) is 2. The van der Waals surface area contributed by atoms with Crippen molar-refractivity contribution in [2.75, 3.05) is 13.2 Å². The van der Waals surface area contributed by atoms with Crippen LogP contribution in [0.4, 0.5) is 0 Å². The molecule has 0 N–H and O–H groups in total. The second-order valence-electron chi connectivity index (χ2n) is 7.10. The molecule has 1 aromatic heterocycles. The lowest BCUT2D eigenvalue weighted by Gasteiger charge is -2.06. The van der Waals surface area contributed by atoms with E-state index in [1.807, 2.05) is 36.4 Å². The summed E-state index contributed by atoms with van der Waals surface area (Å²) >= 11 is 1.42. The zero-order chi connectivity index (χ0) is 22.1. The molecule has 0 atom stereocenters. The highest BCUT2D eigenvalue weighted by Crippen LogP contribution is 2.21. The molecule has 1 heterocycles. The SMILES string of the molecule is CCCCc1ccc2c(c1)sc(=NC(=O)CCOc1ccccc1)n2CC(=O)OCC. The van der Waals surface area contributed by atoms with Gasteiger partial charge in [0, 0.05) is 0 Å². The maximum Gasteiger partial charge on any atom is 0.326 e. The van der Waals surface area contributed by atoms with Crippen molar-refractivity contribution in [3.05, 3.63) is 58.9 Å². The molecule has 1 amide bonds. The van der Waals surface area contributed by atoms with Crippen LogP contribution in [-0.2, 0) is 27.3 Å². The summed E-state index contributed by atoms with van der Waals surface area (Å²) in [7, 11) is 0. The van der Waals surface area contributed by atoms with Crippen molar-refractivity contribution in [1.82, 2.24) is 4.57 Å². The van der Waals surface area contributed by atoms with Gasteiger partial charge in [-0.1, -0.05) is 48.9 Å². The Morgan fingerprint density at radius 1 is 1.10 bits per heavy atom. The van der Waals surface area contributed by atoms with Gasteiger partial charge in [-0.05, 0) is 49.6 Å². The molecule has 7 heteroatoms.